The molecule has 0 rings (SSSR count). The van der Waals surface area contributed by atoms with Crippen LogP contribution in [0.2, 0.25) is 0 Å². The minimum absolute atomic E-state index is 0.0267. The monoisotopic (exact) mass is 680 g/mol. The molecule has 48 heavy (non-hydrogen) atoms. The van der Waals surface area contributed by atoms with Crippen molar-refractivity contribution in [1.29, 1.82) is 0 Å². The third-order valence-corrected chi connectivity index (χ3v) is 10.6. The Balaban J connectivity index is 3.40. The third-order valence-electron chi connectivity index (χ3n) is 10.6. The van der Waals surface area contributed by atoms with Crippen LogP contribution in [-0.2, 0) is 4.79 Å². The van der Waals surface area contributed by atoms with E-state index in [1.165, 1.54) is 205 Å². The second-order valence-corrected chi connectivity index (χ2v) is 15.5. The molecule has 0 radical (unpaired) electrons. The molecule has 0 aliphatic heterocycles. The Morgan fingerprint density at radius 2 is 0.667 bits per heavy atom. The molecule has 0 heterocycles. The lowest BCUT2D eigenvalue weighted by atomic mass is 10.0. The van der Waals surface area contributed by atoms with Crippen molar-refractivity contribution in [3.8, 4) is 0 Å². The molecule has 2 unspecified atom stereocenters. The standard InChI is InChI=1S/C44H89NO3/c1-3-5-7-9-11-13-15-16-17-18-19-20-21-22-23-24-25-26-27-28-30-32-34-36-38-40-44(48)45-42(41-46)43(47)39-37-35-33-31-29-14-12-10-8-6-4-2/h42-43,46-47H,3-41H2,1-2H3,(H,45,48). The van der Waals surface area contributed by atoms with Crippen molar-refractivity contribution in [3.05, 3.63) is 0 Å². The first-order chi connectivity index (χ1) is 23.7. The summed E-state index contributed by atoms with van der Waals surface area (Å²) in [6, 6.07) is -0.528. The zero-order valence-corrected chi connectivity index (χ0v) is 33.0. The van der Waals surface area contributed by atoms with Gasteiger partial charge in [-0.2, -0.15) is 0 Å². The van der Waals surface area contributed by atoms with Gasteiger partial charge in [-0.05, 0) is 12.8 Å². The molecule has 4 nitrogen and oxygen atoms in total. The van der Waals surface area contributed by atoms with E-state index in [-0.39, 0.29) is 12.5 Å². The molecule has 288 valence electrons. The van der Waals surface area contributed by atoms with E-state index in [1.54, 1.807) is 0 Å². The summed E-state index contributed by atoms with van der Waals surface area (Å²) in [5.41, 5.74) is 0. The summed E-state index contributed by atoms with van der Waals surface area (Å²) >= 11 is 0. The summed E-state index contributed by atoms with van der Waals surface area (Å²) < 4.78 is 0. The predicted octanol–water partition coefficient (Wildman–Crippen LogP) is 13.7. The molecule has 1 amide bonds. The van der Waals surface area contributed by atoms with Crippen LogP contribution in [0.25, 0.3) is 0 Å². The first-order valence-electron chi connectivity index (χ1n) is 22.2. The highest BCUT2D eigenvalue weighted by atomic mass is 16.3. The number of carbonyl (C=O) groups is 1. The third kappa shape index (κ3) is 36.7. The van der Waals surface area contributed by atoms with Crippen molar-refractivity contribution >= 4 is 5.91 Å². The molecule has 2 atom stereocenters. The van der Waals surface area contributed by atoms with Crippen LogP contribution in [0.1, 0.15) is 258 Å². The van der Waals surface area contributed by atoms with Gasteiger partial charge in [0.1, 0.15) is 0 Å². The smallest absolute Gasteiger partial charge is 0.220 e. The van der Waals surface area contributed by atoms with Crippen LogP contribution in [0, 0.1) is 0 Å². The summed E-state index contributed by atoms with van der Waals surface area (Å²) in [6.07, 6.45) is 49.1. The van der Waals surface area contributed by atoms with Gasteiger partial charge in [-0.25, -0.2) is 0 Å². The number of carbonyl (C=O) groups excluding carboxylic acids is 1. The zero-order valence-electron chi connectivity index (χ0n) is 33.0. The van der Waals surface area contributed by atoms with Gasteiger partial charge in [0.25, 0.3) is 0 Å². The average Bonchev–Trinajstić information content (AvgIpc) is 3.09. The summed E-state index contributed by atoms with van der Waals surface area (Å²) in [6.45, 7) is 4.37. The van der Waals surface area contributed by atoms with Gasteiger partial charge in [0.05, 0.1) is 18.8 Å². The van der Waals surface area contributed by atoms with E-state index < -0.39 is 12.1 Å². The quantitative estimate of drug-likeness (QED) is 0.0563. The highest BCUT2D eigenvalue weighted by molar-refractivity contribution is 5.76. The predicted molar refractivity (Wildman–Crippen MR) is 212 cm³/mol. The first-order valence-corrected chi connectivity index (χ1v) is 22.2. The number of amides is 1. The number of hydrogen-bond donors (Lipinski definition) is 3. The van der Waals surface area contributed by atoms with Gasteiger partial charge in [-0.3, -0.25) is 4.79 Å². The average molecular weight is 680 g/mol. The number of aliphatic hydroxyl groups excluding tert-OH is 2. The van der Waals surface area contributed by atoms with Crippen LogP contribution < -0.4 is 5.32 Å². The van der Waals surface area contributed by atoms with Gasteiger partial charge in [-0.15, -0.1) is 0 Å². The molecule has 0 fully saturated rings. The van der Waals surface area contributed by atoms with Crippen LogP contribution in [0.15, 0.2) is 0 Å². The summed E-state index contributed by atoms with van der Waals surface area (Å²) in [5.74, 6) is -0.0267. The second kappa shape index (κ2) is 40.8. The molecule has 4 heteroatoms. The maximum atomic E-state index is 12.4. The fraction of sp³-hybridized carbons (Fsp3) is 0.977. The Labute approximate surface area is 302 Å². The highest BCUT2D eigenvalue weighted by Crippen LogP contribution is 2.17. The van der Waals surface area contributed by atoms with Gasteiger partial charge in [0.15, 0.2) is 0 Å². The van der Waals surface area contributed by atoms with E-state index >= 15 is 0 Å². The van der Waals surface area contributed by atoms with E-state index in [4.69, 9.17) is 0 Å². The summed E-state index contributed by atoms with van der Waals surface area (Å²) in [7, 11) is 0. The Kier molecular flexibility index (Phi) is 40.3. The maximum Gasteiger partial charge on any atom is 0.220 e. The topological polar surface area (TPSA) is 69.6 Å². The fourth-order valence-corrected chi connectivity index (χ4v) is 7.19. The number of unbranched alkanes of at least 4 members (excludes halogenated alkanes) is 34. The van der Waals surface area contributed by atoms with Gasteiger partial charge in [0.2, 0.25) is 5.91 Å². The molecule has 0 aromatic rings. The Bertz CT molecular complexity index is 612. The second-order valence-electron chi connectivity index (χ2n) is 15.5. The van der Waals surface area contributed by atoms with E-state index in [0.717, 1.165) is 25.7 Å². The normalized spacial score (nSPS) is 12.8. The summed E-state index contributed by atoms with van der Waals surface area (Å²) in [4.78, 5) is 12.4. The van der Waals surface area contributed by atoms with Crippen LogP contribution in [0.4, 0.5) is 0 Å². The van der Waals surface area contributed by atoms with E-state index in [9.17, 15) is 15.0 Å². The molecule has 3 N–H and O–H groups in total. The number of aliphatic hydroxyl groups is 2. The number of rotatable bonds is 41. The van der Waals surface area contributed by atoms with E-state index in [1.807, 2.05) is 0 Å². The largest absolute Gasteiger partial charge is 0.394 e. The van der Waals surface area contributed by atoms with Gasteiger partial charge in [-0.1, -0.05) is 239 Å². The zero-order chi connectivity index (χ0) is 35.0. The lowest BCUT2D eigenvalue weighted by Crippen LogP contribution is -2.45. The van der Waals surface area contributed by atoms with E-state index in [0.29, 0.717) is 12.8 Å². The highest BCUT2D eigenvalue weighted by Gasteiger charge is 2.20. The van der Waals surface area contributed by atoms with Crippen molar-refractivity contribution in [2.45, 2.75) is 270 Å². The molecule has 0 aromatic heterocycles. The number of nitrogens with one attached hydrogen (secondary N) is 1. The van der Waals surface area contributed by atoms with E-state index in [2.05, 4.69) is 19.2 Å². The molecule has 0 aromatic carbocycles. The molecular weight excluding hydrogens is 590 g/mol. The van der Waals surface area contributed by atoms with Crippen LogP contribution in [-0.4, -0.2) is 34.9 Å². The number of hydrogen-bond acceptors (Lipinski definition) is 3. The Morgan fingerprint density at radius 3 is 0.938 bits per heavy atom. The SMILES string of the molecule is CCCCCCCCCCCCCCCCCCCCCCCCCCCC(=O)NC(CO)C(O)CCCCCCCCCCCCC. The molecule has 0 bridgehead atoms. The fourth-order valence-electron chi connectivity index (χ4n) is 7.19. The van der Waals surface area contributed by atoms with Crippen molar-refractivity contribution in [2.24, 2.45) is 0 Å². The van der Waals surface area contributed by atoms with Gasteiger partial charge in [0, 0.05) is 6.42 Å². The Morgan fingerprint density at radius 1 is 0.417 bits per heavy atom. The van der Waals surface area contributed by atoms with Crippen molar-refractivity contribution < 1.29 is 15.0 Å². The van der Waals surface area contributed by atoms with Crippen LogP contribution in [0.5, 0.6) is 0 Å². The lowest BCUT2D eigenvalue weighted by molar-refractivity contribution is -0.123. The minimum atomic E-state index is -0.651. The Hall–Kier alpha value is -0.610. The van der Waals surface area contributed by atoms with Crippen molar-refractivity contribution in [1.82, 2.24) is 5.32 Å². The van der Waals surface area contributed by atoms with Crippen LogP contribution >= 0.6 is 0 Å². The van der Waals surface area contributed by atoms with Crippen molar-refractivity contribution in [3.63, 3.8) is 0 Å². The minimum Gasteiger partial charge on any atom is -0.394 e. The maximum absolute atomic E-state index is 12.4. The lowest BCUT2D eigenvalue weighted by Gasteiger charge is -2.22. The molecule has 0 saturated carbocycles. The molecule has 0 spiro atoms. The molecule has 0 aliphatic rings. The van der Waals surface area contributed by atoms with Gasteiger partial charge < -0.3 is 15.5 Å². The molecule has 0 saturated heterocycles. The molecule has 0 aliphatic carbocycles. The van der Waals surface area contributed by atoms with Gasteiger partial charge >= 0.3 is 0 Å². The van der Waals surface area contributed by atoms with Crippen LogP contribution in [0.3, 0.4) is 0 Å². The first kappa shape index (κ1) is 47.4. The summed E-state index contributed by atoms with van der Waals surface area (Å²) in [5, 5.41) is 23.1. The van der Waals surface area contributed by atoms with Crippen molar-refractivity contribution in [2.75, 3.05) is 6.61 Å². The molecular formula is C44H89NO3.